The largest absolute Gasteiger partial charge is 0.310 e. The van der Waals surface area contributed by atoms with E-state index < -0.39 is 0 Å². The predicted molar refractivity (Wildman–Crippen MR) is 84.8 cm³/mol. The number of aryl methyl sites for hydroxylation is 1. The van der Waals surface area contributed by atoms with Crippen molar-refractivity contribution in [2.75, 3.05) is 6.54 Å². The average Bonchev–Trinajstić information content (AvgIpc) is 2.52. The number of nitrogens with zero attached hydrogens (tertiary/aromatic N) is 1. The molecule has 0 fully saturated rings. The van der Waals surface area contributed by atoms with Gasteiger partial charge in [0.25, 0.3) is 0 Å². The van der Waals surface area contributed by atoms with Crippen LogP contribution in [0.1, 0.15) is 43.0 Å². The molecule has 1 N–H and O–H groups in total. The minimum absolute atomic E-state index is 0.366. The number of nitrogens with one attached hydrogen (secondary N) is 1. The molecule has 0 aliphatic heterocycles. The molecule has 1 heterocycles. The lowest BCUT2D eigenvalue weighted by Crippen LogP contribution is -2.24. The predicted octanol–water partition coefficient (Wildman–Crippen LogP) is 3.93. The summed E-state index contributed by atoms with van der Waals surface area (Å²) in [6.45, 7) is 5.45. The van der Waals surface area contributed by atoms with Gasteiger partial charge < -0.3 is 5.32 Å². The van der Waals surface area contributed by atoms with Crippen LogP contribution < -0.4 is 5.32 Å². The summed E-state index contributed by atoms with van der Waals surface area (Å²) in [6, 6.07) is 13.4. The van der Waals surface area contributed by atoms with Crippen molar-refractivity contribution >= 4 is 0 Å². The van der Waals surface area contributed by atoms with Crippen molar-refractivity contribution in [1.29, 1.82) is 0 Å². The molecule has 1 atom stereocenters. The van der Waals surface area contributed by atoms with Crippen LogP contribution >= 0.6 is 0 Å². The van der Waals surface area contributed by atoms with Gasteiger partial charge in [0, 0.05) is 18.4 Å². The van der Waals surface area contributed by atoms with Gasteiger partial charge >= 0.3 is 0 Å². The van der Waals surface area contributed by atoms with E-state index in [0.717, 1.165) is 25.8 Å². The standard InChI is InChI=1S/C18H24N2/c1-3-10-20-18(13-16-8-6-11-19-14-16)17-9-5-7-15(4-2)12-17/h5-9,11-12,14,18,20H,3-4,10,13H2,1-2H3. The Bertz CT molecular complexity index is 508. The molecule has 0 bridgehead atoms. The molecular formula is C18H24N2. The Balaban J connectivity index is 2.17. The number of benzene rings is 1. The van der Waals surface area contributed by atoms with Gasteiger partial charge in [-0.05, 0) is 48.6 Å². The molecule has 0 saturated carbocycles. The Morgan fingerprint density at radius 3 is 2.65 bits per heavy atom. The molecule has 1 aromatic heterocycles. The normalized spacial score (nSPS) is 12.3. The maximum Gasteiger partial charge on any atom is 0.0361 e. The molecular weight excluding hydrogens is 244 g/mol. The van der Waals surface area contributed by atoms with E-state index in [9.17, 15) is 0 Å². The molecule has 0 amide bonds. The van der Waals surface area contributed by atoms with Gasteiger partial charge in [-0.25, -0.2) is 0 Å². The van der Waals surface area contributed by atoms with Gasteiger partial charge in [-0.2, -0.15) is 0 Å². The Kier molecular flexibility index (Phi) is 5.75. The maximum atomic E-state index is 4.22. The quantitative estimate of drug-likeness (QED) is 0.823. The summed E-state index contributed by atoms with van der Waals surface area (Å²) in [5.74, 6) is 0. The van der Waals surface area contributed by atoms with Gasteiger partial charge in [0.2, 0.25) is 0 Å². The van der Waals surface area contributed by atoms with E-state index in [1.165, 1.54) is 16.7 Å². The second kappa shape index (κ2) is 7.81. The number of pyridine rings is 1. The van der Waals surface area contributed by atoms with E-state index in [2.05, 4.69) is 54.5 Å². The van der Waals surface area contributed by atoms with Gasteiger partial charge in [-0.15, -0.1) is 0 Å². The van der Waals surface area contributed by atoms with E-state index in [4.69, 9.17) is 0 Å². The van der Waals surface area contributed by atoms with Crippen LogP contribution in [0.2, 0.25) is 0 Å². The van der Waals surface area contributed by atoms with Gasteiger partial charge in [-0.3, -0.25) is 4.98 Å². The Labute approximate surface area is 122 Å². The fourth-order valence-corrected chi connectivity index (χ4v) is 2.41. The molecule has 0 aliphatic carbocycles. The summed E-state index contributed by atoms with van der Waals surface area (Å²) in [6.07, 6.45) is 7.01. The highest BCUT2D eigenvalue weighted by Gasteiger charge is 2.11. The number of aromatic nitrogens is 1. The fraction of sp³-hybridized carbons (Fsp3) is 0.389. The zero-order valence-corrected chi connectivity index (χ0v) is 12.5. The van der Waals surface area contributed by atoms with Crippen molar-refractivity contribution in [1.82, 2.24) is 10.3 Å². The summed E-state index contributed by atoms with van der Waals surface area (Å²) in [4.78, 5) is 4.22. The average molecular weight is 268 g/mol. The van der Waals surface area contributed by atoms with Crippen molar-refractivity contribution in [3.8, 4) is 0 Å². The van der Waals surface area contributed by atoms with Crippen LogP contribution in [0.3, 0.4) is 0 Å². The zero-order chi connectivity index (χ0) is 14.2. The third kappa shape index (κ3) is 4.17. The summed E-state index contributed by atoms with van der Waals surface area (Å²) >= 11 is 0. The van der Waals surface area contributed by atoms with Crippen molar-refractivity contribution < 1.29 is 0 Å². The monoisotopic (exact) mass is 268 g/mol. The minimum atomic E-state index is 0.366. The van der Waals surface area contributed by atoms with Crippen LogP contribution in [0.15, 0.2) is 48.8 Å². The highest BCUT2D eigenvalue weighted by molar-refractivity contribution is 5.27. The molecule has 20 heavy (non-hydrogen) atoms. The lowest BCUT2D eigenvalue weighted by Gasteiger charge is -2.19. The van der Waals surface area contributed by atoms with E-state index in [1.807, 2.05) is 18.5 Å². The second-order valence-corrected chi connectivity index (χ2v) is 5.17. The van der Waals surface area contributed by atoms with Crippen molar-refractivity contribution in [3.05, 3.63) is 65.5 Å². The number of hydrogen-bond acceptors (Lipinski definition) is 2. The van der Waals surface area contributed by atoms with Crippen LogP contribution in [0, 0.1) is 0 Å². The van der Waals surface area contributed by atoms with Gasteiger partial charge in [-0.1, -0.05) is 44.2 Å². The maximum absolute atomic E-state index is 4.22. The summed E-state index contributed by atoms with van der Waals surface area (Å²) in [7, 11) is 0. The highest BCUT2D eigenvalue weighted by Crippen LogP contribution is 2.19. The Morgan fingerprint density at radius 2 is 1.95 bits per heavy atom. The molecule has 1 unspecified atom stereocenters. The first kappa shape index (κ1) is 14.7. The molecule has 2 nitrogen and oxygen atoms in total. The molecule has 2 aromatic rings. The summed E-state index contributed by atoms with van der Waals surface area (Å²) in [5.41, 5.74) is 4.06. The summed E-state index contributed by atoms with van der Waals surface area (Å²) < 4.78 is 0. The van der Waals surface area contributed by atoms with Crippen LogP contribution in [0.25, 0.3) is 0 Å². The Morgan fingerprint density at radius 1 is 1.10 bits per heavy atom. The van der Waals surface area contributed by atoms with Crippen LogP contribution in [0.4, 0.5) is 0 Å². The van der Waals surface area contributed by atoms with Crippen molar-refractivity contribution in [2.45, 2.75) is 39.2 Å². The summed E-state index contributed by atoms with van der Waals surface area (Å²) in [5, 5.41) is 3.66. The van der Waals surface area contributed by atoms with Crippen LogP contribution in [-0.2, 0) is 12.8 Å². The van der Waals surface area contributed by atoms with Gasteiger partial charge in [0.05, 0.1) is 0 Å². The van der Waals surface area contributed by atoms with E-state index in [1.54, 1.807) is 0 Å². The first-order chi connectivity index (χ1) is 9.83. The molecule has 2 heteroatoms. The zero-order valence-electron chi connectivity index (χ0n) is 12.5. The topological polar surface area (TPSA) is 24.9 Å². The highest BCUT2D eigenvalue weighted by atomic mass is 14.9. The SMILES string of the molecule is CCCNC(Cc1cccnc1)c1cccc(CC)c1. The van der Waals surface area contributed by atoms with E-state index in [-0.39, 0.29) is 0 Å². The lowest BCUT2D eigenvalue weighted by molar-refractivity contribution is 0.528. The van der Waals surface area contributed by atoms with Gasteiger partial charge in [0.15, 0.2) is 0 Å². The second-order valence-electron chi connectivity index (χ2n) is 5.17. The molecule has 1 aromatic carbocycles. The minimum Gasteiger partial charge on any atom is -0.310 e. The van der Waals surface area contributed by atoms with Crippen LogP contribution in [-0.4, -0.2) is 11.5 Å². The lowest BCUT2D eigenvalue weighted by atomic mass is 9.97. The molecule has 0 radical (unpaired) electrons. The van der Waals surface area contributed by atoms with E-state index in [0.29, 0.717) is 6.04 Å². The molecule has 0 saturated heterocycles. The molecule has 0 aliphatic rings. The third-order valence-corrected chi connectivity index (χ3v) is 3.57. The van der Waals surface area contributed by atoms with Gasteiger partial charge in [0.1, 0.15) is 0 Å². The molecule has 2 rings (SSSR count). The smallest absolute Gasteiger partial charge is 0.0361 e. The number of rotatable bonds is 7. The fourth-order valence-electron chi connectivity index (χ4n) is 2.41. The number of hydrogen-bond donors (Lipinski definition) is 1. The van der Waals surface area contributed by atoms with Crippen molar-refractivity contribution in [2.24, 2.45) is 0 Å². The Hall–Kier alpha value is -1.67. The molecule has 0 spiro atoms. The first-order valence-electron chi connectivity index (χ1n) is 7.54. The third-order valence-electron chi connectivity index (χ3n) is 3.57. The molecule has 106 valence electrons. The van der Waals surface area contributed by atoms with E-state index >= 15 is 0 Å². The van der Waals surface area contributed by atoms with Crippen molar-refractivity contribution in [3.63, 3.8) is 0 Å². The van der Waals surface area contributed by atoms with Crippen LogP contribution in [0.5, 0.6) is 0 Å². The first-order valence-corrected chi connectivity index (χ1v) is 7.54.